The largest absolute Gasteiger partial charge is 0.399 e. The molecule has 0 saturated carbocycles. The third kappa shape index (κ3) is 3.70. The molecular formula is C14H22N2. The van der Waals surface area contributed by atoms with E-state index in [-0.39, 0.29) is 0 Å². The number of nitrogen functional groups attached to an aromatic ring is 1. The van der Waals surface area contributed by atoms with Crippen molar-refractivity contribution in [1.29, 1.82) is 0 Å². The highest BCUT2D eigenvalue weighted by atomic mass is 15.1. The second-order valence-corrected chi connectivity index (χ2v) is 4.21. The van der Waals surface area contributed by atoms with Crippen molar-refractivity contribution in [3.05, 3.63) is 42.0 Å². The van der Waals surface area contributed by atoms with Crippen LogP contribution in [0.15, 0.2) is 30.9 Å². The number of aryl methyl sites for hydroxylation is 1. The number of hydrogen-bond donors (Lipinski definition) is 1. The van der Waals surface area contributed by atoms with Gasteiger partial charge in [0.05, 0.1) is 0 Å². The van der Waals surface area contributed by atoms with E-state index >= 15 is 0 Å². The Kier molecular flexibility index (Phi) is 5.06. The Morgan fingerprint density at radius 1 is 1.44 bits per heavy atom. The first-order valence-corrected chi connectivity index (χ1v) is 5.85. The van der Waals surface area contributed by atoms with E-state index in [9.17, 15) is 0 Å². The molecule has 0 atom stereocenters. The van der Waals surface area contributed by atoms with Gasteiger partial charge in [0.1, 0.15) is 0 Å². The first kappa shape index (κ1) is 12.8. The summed E-state index contributed by atoms with van der Waals surface area (Å²) in [5, 5.41) is 0. The molecule has 2 nitrogen and oxygen atoms in total. The van der Waals surface area contributed by atoms with Crippen molar-refractivity contribution in [2.45, 2.75) is 26.8 Å². The van der Waals surface area contributed by atoms with Gasteiger partial charge < -0.3 is 5.73 Å². The zero-order chi connectivity index (χ0) is 12.0. The maximum absolute atomic E-state index is 5.91. The summed E-state index contributed by atoms with van der Waals surface area (Å²) in [5.41, 5.74) is 9.21. The molecule has 88 valence electrons. The minimum Gasteiger partial charge on any atom is -0.399 e. The van der Waals surface area contributed by atoms with Gasteiger partial charge in [-0.3, -0.25) is 4.90 Å². The Morgan fingerprint density at radius 3 is 2.75 bits per heavy atom. The Labute approximate surface area is 98.8 Å². The summed E-state index contributed by atoms with van der Waals surface area (Å²) in [6, 6.07) is 6.31. The second kappa shape index (κ2) is 6.33. The van der Waals surface area contributed by atoms with Crippen LogP contribution in [-0.4, -0.2) is 18.0 Å². The highest BCUT2D eigenvalue weighted by Gasteiger charge is 2.04. The minimum atomic E-state index is 0.882. The van der Waals surface area contributed by atoms with E-state index in [0.29, 0.717) is 0 Å². The molecule has 0 saturated heterocycles. The summed E-state index contributed by atoms with van der Waals surface area (Å²) in [5.74, 6) is 0. The van der Waals surface area contributed by atoms with E-state index in [1.54, 1.807) is 0 Å². The molecule has 0 bridgehead atoms. The van der Waals surface area contributed by atoms with E-state index < -0.39 is 0 Å². The van der Waals surface area contributed by atoms with Gasteiger partial charge in [-0.25, -0.2) is 0 Å². The van der Waals surface area contributed by atoms with Crippen molar-refractivity contribution in [3.8, 4) is 0 Å². The number of anilines is 1. The van der Waals surface area contributed by atoms with E-state index in [4.69, 9.17) is 5.73 Å². The Hall–Kier alpha value is -1.28. The van der Waals surface area contributed by atoms with E-state index in [1.807, 2.05) is 13.0 Å². The van der Waals surface area contributed by atoms with Crippen LogP contribution in [0.3, 0.4) is 0 Å². The molecule has 0 heterocycles. The zero-order valence-corrected chi connectivity index (χ0v) is 10.4. The summed E-state index contributed by atoms with van der Waals surface area (Å²) >= 11 is 0. The third-order valence-corrected chi connectivity index (χ3v) is 2.68. The SMILES string of the molecule is C=CCN(CCC)Cc1ccc(C)c(N)c1. The summed E-state index contributed by atoms with van der Waals surface area (Å²) < 4.78 is 0. The van der Waals surface area contributed by atoms with Gasteiger partial charge in [-0.1, -0.05) is 25.1 Å². The van der Waals surface area contributed by atoms with Crippen LogP contribution in [0.4, 0.5) is 5.69 Å². The average Bonchev–Trinajstić information content (AvgIpc) is 2.24. The van der Waals surface area contributed by atoms with E-state index in [2.05, 4.69) is 36.6 Å². The van der Waals surface area contributed by atoms with Gasteiger partial charge in [-0.2, -0.15) is 0 Å². The molecule has 0 aliphatic heterocycles. The van der Waals surface area contributed by atoms with Crippen molar-refractivity contribution in [3.63, 3.8) is 0 Å². The number of rotatable bonds is 6. The number of hydrogen-bond acceptors (Lipinski definition) is 2. The van der Waals surface area contributed by atoms with Gasteiger partial charge in [0.15, 0.2) is 0 Å². The Morgan fingerprint density at radius 2 is 2.19 bits per heavy atom. The third-order valence-electron chi connectivity index (χ3n) is 2.68. The van der Waals surface area contributed by atoms with Crippen LogP contribution in [0.2, 0.25) is 0 Å². The fraction of sp³-hybridized carbons (Fsp3) is 0.429. The smallest absolute Gasteiger partial charge is 0.0346 e. The lowest BCUT2D eigenvalue weighted by Gasteiger charge is -2.20. The summed E-state index contributed by atoms with van der Waals surface area (Å²) in [6.07, 6.45) is 3.11. The normalized spacial score (nSPS) is 10.7. The van der Waals surface area contributed by atoms with Gasteiger partial charge in [0.25, 0.3) is 0 Å². The van der Waals surface area contributed by atoms with Crippen LogP contribution in [0.5, 0.6) is 0 Å². The molecular weight excluding hydrogens is 196 g/mol. The molecule has 0 aliphatic carbocycles. The van der Waals surface area contributed by atoms with Crippen LogP contribution < -0.4 is 5.73 Å². The highest BCUT2D eigenvalue weighted by Crippen LogP contribution is 2.14. The van der Waals surface area contributed by atoms with Crippen molar-refractivity contribution in [1.82, 2.24) is 4.90 Å². The Balaban J connectivity index is 2.68. The van der Waals surface area contributed by atoms with Crippen LogP contribution in [0.1, 0.15) is 24.5 Å². The molecule has 2 N–H and O–H groups in total. The Bertz CT molecular complexity index is 345. The lowest BCUT2D eigenvalue weighted by atomic mass is 10.1. The first-order valence-electron chi connectivity index (χ1n) is 5.85. The maximum Gasteiger partial charge on any atom is 0.0346 e. The molecule has 2 heteroatoms. The molecule has 0 aromatic heterocycles. The lowest BCUT2D eigenvalue weighted by Crippen LogP contribution is -2.24. The monoisotopic (exact) mass is 218 g/mol. The molecule has 1 aromatic carbocycles. The topological polar surface area (TPSA) is 29.3 Å². The van der Waals surface area contributed by atoms with Crippen LogP contribution >= 0.6 is 0 Å². The summed E-state index contributed by atoms with van der Waals surface area (Å²) in [7, 11) is 0. The molecule has 0 fully saturated rings. The minimum absolute atomic E-state index is 0.882. The fourth-order valence-corrected chi connectivity index (χ4v) is 1.78. The number of nitrogens with zero attached hydrogens (tertiary/aromatic N) is 1. The quantitative estimate of drug-likeness (QED) is 0.587. The standard InChI is InChI=1S/C14H22N2/c1-4-8-16(9-5-2)11-13-7-6-12(3)14(15)10-13/h4,6-7,10H,1,5,8-9,11,15H2,2-3H3. The molecule has 1 rings (SSSR count). The molecule has 1 aromatic rings. The first-order chi connectivity index (χ1) is 7.67. The van der Waals surface area contributed by atoms with Crippen LogP contribution in [-0.2, 0) is 6.54 Å². The second-order valence-electron chi connectivity index (χ2n) is 4.21. The molecule has 0 spiro atoms. The predicted octanol–water partition coefficient (Wildman–Crippen LogP) is 2.98. The van der Waals surface area contributed by atoms with E-state index in [1.165, 1.54) is 5.56 Å². The summed E-state index contributed by atoms with van der Waals surface area (Å²) in [6.45, 7) is 11.0. The highest BCUT2D eigenvalue weighted by molar-refractivity contribution is 5.48. The van der Waals surface area contributed by atoms with Gasteiger partial charge in [-0.15, -0.1) is 6.58 Å². The average molecular weight is 218 g/mol. The van der Waals surface area contributed by atoms with Gasteiger partial charge in [0, 0.05) is 18.8 Å². The molecule has 0 amide bonds. The molecule has 16 heavy (non-hydrogen) atoms. The van der Waals surface area contributed by atoms with Crippen LogP contribution in [0, 0.1) is 6.92 Å². The van der Waals surface area contributed by atoms with Gasteiger partial charge in [0.2, 0.25) is 0 Å². The van der Waals surface area contributed by atoms with Crippen molar-refractivity contribution < 1.29 is 0 Å². The van der Waals surface area contributed by atoms with Crippen molar-refractivity contribution in [2.75, 3.05) is 18.8 Å². The van der Waals surface area contributed by atoms with Crippen molar-refractivity contribution >= 4 is 5.69 Å². The number of benzene rings is 1. The van der Waals surface area contributed by atoms with Crippen LogP contribution in [0.25, 0.3) is 0 Å². The summed E-state index contributed by atoms with van der Waals surface area (Å²) in [4.78, 5) is 2.37. The lowest BCUT2D eigenvalue weighted by molar-refractivity contribution is 0.295. The number of nitrogens with two attached hydrogens (primary N) is 1. The van der Waals surface area contributed by atoms with Gasteiger partial charge >= 0.3 is 0 Å². The predicted molar refractivity (Wildman–Crippen MR) is 71.4 cm³/mol. The zero-order valence-electron chi connectivity index (χ0n) is 10.4. The molecule has 0 unspecified atom stereocenters. The molecule has 0 aliphatic rings. The molecule has 0 radical (unpaired) electrons. The fourth-order valence-electron chi connectivity index (χ4n) is 1.78. The van der Waals surface area contributed by atoms with E-state index in [0.717, 1.165) is 37.3 Å². The maximum atomic E-state index is 5.91. The van der Waals surface area contributed by atoms with Gasteiger partial charge in [-0.05, 0) is 37.1 Å². The van der Waals surface area contributed by atoms with Crippen molar-refractivity contribution in [2.24, 2.45) is 0 Å².